The summed E-state index contributed by atoms with van der Waals surface area (Å²) in [4.78, 5) is 24.6. The molecule has 10 heteroatoms. The van der Waals surface area contributed by atoms with Gasteiger partial charge in [0.05, 0.1) is 46.5 Å². The van der Waals surface area contributed by atoms with Gasteiger partial charge in [-0.1, -0.05) is 41.7 Å². The highest BCUT2D eigenvalue weighted by atomic mass is 32.1. The fraction of sp³-hybridized carbons (Fsp3) is 0.172. The van der Waals surface area contributed by atoms with E-state index in [1.54, 1.807) is 24.6 Å². The normalized spacial score (nSPS) is 16.8. The Morgan fingerprint density at radius 1 is 1.08 bits per heavy atom. The molecule has 1 saturated heterocycles. The molecule has 4 heterocycles. The third-order valence-electron chi connectivity index (χ3n) is 6.73. The van der Waals surface area contributed by atoms with Crippen molar-refractivity contribution in [2.45, 2.75) is 18.5 Å². The second kappa shape index (κ2) is 10.8. The predicted molar refractivity (Wildman–Crippen MR) is 157 cm³/mol. The van der Waals surface area contributed by atoms with Crippen molar-refractivity contribution < 1.29 is 9.53 Å². The Labute approximate surface area is 235 Å². The van der Waals surface area contributed by atoms with Crippen molar-refractivity contribution in [3.05, 3.63) is 103 Å². The van der Waals surface area contributed by atoms with Gasteiger partial charge in [0.1, 0.15) is 5.75 Å². The van der Waals surface area contributed by atoms with Crippen molar-refractivity contribution in [3.63, 3.8) is 0 Å². The maximum atomic E-state index is 13.0. The van der Waals surface area contributed by atoms with Crippen molar-refractivity contribution in [2.75, 3.05) is 19.0 Å². The maximum absolute atomic E-state index is 13.0. The van der Waals surface area contributed by atoms with Crippen molar-refractivity contribution in [1.82, 2.24) is 24.8 Å². The van der Waals surface area contributed by atoms with E-state index in [0.717, 1.165) is 26.7 Å². The molecule has 5 aromatic rings. The largest absolute Gasteiger partial charge is 0.495 e. The fourth-order valence-corrected chi connectivity index (χ4v) is 6.22. The number of fused-ring (bicyclic) bond motifs is 1. The lowest BCUT2D eigenvalue weighted by Crippen LogP contribution is -2.33. The second-order valence-electron chi connectivity index (χ2n) is 9.09. The van der Waals surface area contributed by atoms with Crippen molar-refractivity contribution in [3.8, 4) is 10.9 Å². The molecule has 0 saturated carbocycles. The topological polar surface area (TPSA) is 84.3 Å². The van der Waals surface area contributed by atoms with Gasteiger partial charge in [-0.25, -0.2) is 4.98 Å². The quantitative estimate of drug-likeness (QED) is 0.245. The number of aromatic nitrogens is 3. The van der Waals surface area contributed by atoms with Crippen LogP contribution in [0, 0.1) is 0 Å². The van der Waals surface area contributed by atoms with Gasteiger partial charge in [0.15, 0.2) is 10.2 Å². The Kier molecular flexibility index (Phi) is 6.95. The van der Waals surface area contributed by atoms with Crippen LogP contribution in [0.3, 0.4) is 0 Å². The summed E-state index contributed by atoms with van der Waals surface area (Å²) in [7, 11) is 1.59. The first kappa shape index (κ1) is 25.0. The molecule has 0 spiro atoms. The summed E-state index contributed by atoms with van der Waals surface area (Å²) in [6.07, 6.45) is 4.05. The molecule has 1 amide bonds. The molecule has 196 valence electrons. The Balaban J connectivity index is 1.31. The number of hydrogen-bond acceptors (Lipinski definition) is 6. The molecule has 0 unspecified atom stereocenters. The number of carbonyl (C=O) groups excluding carboxylic acids is 1. The minimum atomic E-state index is -0.200. The van der Waals surface area contributed by atoms with Crippen LogP contribution in [0.25, 0.3) is 15.3 Å². The number of anilines is 1. The Bertz CT molecular complexity index is 1600. The summed E-state index contributed by atoms with van der Waals surface area (Å²) in [5, 5.41) is 7.89. The van der Waals surface area contributed by atoms with Gasteiger partial charge in [-0.3, -0.25) is 14.3 Å². The smallest absolute Gasteiger partial charge is 0.226 e. The number of thiocarbonyl (C=S) groups is 1. The van der Waals surface area contributed by atoms with E-state index in [2.05, 4.69) is 37.2 Å². The Hall–Kier alpha value is -4.28. The Morgan fingerprint density at radius 3 is 2.72 bits per heavy atom. The molecule has 1 aliphatic rings. The zero-order valence-electron chi connectivity index (χ0n) is 21.2. The number of benzene rings is 2. The van der Waals surface area contributed by atoms with Gasteiger partial charge in [-0.05, 0) is 60.7 Å². The molecule has 2 N–H and O–H groups in total. The molecule has 1 fully saturated rings. The summed E-state index contributed by atoms with van der Waals surface area (Å²) in [6, 6.07) is 25.1. The van der Waals surface area contributed by atoms with E-state index in [-0.39, 0.29) is 24.4 Å². The van der Waals surface area contributed by atoms with E-state index in [1.165, 1.54) is 0 Å². The van der Waals surface area contributed by atoms with Gasteiger partial charge >= 0.3 is 0 Å². The minimum absolute atomic E-state index is 0.121. The molecule has 8 nitrogen and oxygen atoms in total. The van der Waals surface area contributed by atoms with Crippen LogP contribution in [-0.4, -0.2) is 44.1 Å². The molecule has 2 atom stereocenters. The van der Waals surface area contributed by atoms with Crippen molar-refractivity contribution >= 4 is 50.5 Å². The number of nitrogens with zero attached hydrogens (tertiary/aromatic N) is 4. The molecule has 6 rings (SSSR count). The number of amides is 1. The molecular weight excluding hydrogens is 528 g/mol. The third kappa shape index (κ3) is 4.96. The molecule has 2 aromatic carbocycles. The van der Waals surface area contributed by atoms with Gasteiger partial charge in [-0.15, -0.1) is 0 Å². The number of para-hydroxylation sites is 3. The van der Waals surface area contributed by atoms with Gasteiger partial charge in [0, 0.05) is 25.4 Å². The van der Waals surface area contributed by atoms with Gasteiger partial charge < -0.3 is 20.3 Å². The SMILES string of the molecule is COc1ccccc1NC(=O)CCN1C(=S)N[C@H](c2ccccn2)[C@@H]1c1cccn1-c1nc2ccccc2s1. The number of pyridine rings is 1. The lowest BCUT2D eigenvalue weighted by Gasteiger charge is -2.28. The number of methoxy groups -OCH3 is 1. The van der Waals surface area contributed by atoms with E-state index in [0.29, 0.717) is 23.1 Å². The standard InChI is InChI=1S/C29H26N6O2S2/c1-37-23-13-4-2-9-19(23)31-25(36)15-18-35-27(26(33-28(35)38)21-11-6-7-16-30-21)22-12-8-17-34(22)29-32-20-10-3-5-14-24(20)39-29/h2-14,16-17,26-27H,15,18H2,1H3,(H,31,36)(H,33,38)/t26-,27+/m1/s1. The van der Waals surface area contributed by atoms with Crippen LogP contribution in [0.15, 0.2) is 91.3 Å². The lowest BCUT2D eigenvalue weighted by molar-refractivity contribution is -0.116. The van der Waals surface area contributed by atoms with Gasteiger partial charge in [0.25, 0.3) is 0 Å². The van der Waals surface area contributed by atoms with Crippen LogP contribution in [0.4, 0.5) is 5.69 Å². The van der Waals surface area contributed by atoms with Crippen LogP contribution in [-0.2, 0) is 4.79 Å². The molecule has 0 bridgehead atoms. The maximum Gasteiger partial charge on any atom is 0.226 e. The number of ether oxygens (including phenoxy) is 1. The summed E-state index contributed by atoms with van der Waals surface area (Å²) in [5.41, 5.74) is 3.49. The first-order valence-corrected chi connectivity index (χ1v) is 13.8. The summed E-state index contributed by atoms with van der Waals surface area (Å²) in [6.45, 7) is 0.422. The number of carbonyl (C=O) groups is 1. The van der Waals surface area contributed by atoms with Crippen LogP contribution in [0.1, 0.15) is 29.9 Å². The zero-order valence-corrected chi connectivity index (χ0v) is 22.8. The van der Waals surface area contributed by atoms with E-state index in [4.69, 9.17) is 21.9 Å². The lowest BCUT2D eigenvalue weighted by atomic mass is 10.0. The molecule has 39 heavy (non-hydrogen) atoms. The Morgan fingerprint density at radius 2 is 1.90 bits per heavy atom. The fourth-order valence-electron chi connectivity index (χ4n) is 4.92. The van der Waals surface area contributed by atoms with Crippen LogP contribution >= 0.6 is 23.6 Å². The van der Waals surface area contributed by atoms with E-state index < -0.39 is 0 Å². The van der Waals surface area contributed by atoms with Gasteiger partial charge in [-0.2, -0.15) is 0 Å². The summed E-state index contributed by atoms with van der Waals surface area (Å²) < 4.78 is 8.61. The van der Waals surface area contributed by atoms with E-state index in [9.17, 15) is 4.79 Å². The average molecular weight is 555 g/mol. The third-order valence-corrected chi connectivity index (χ3v) is 8.12. The average Bonchev–Trinajstić information content (AvgIpc) is 3.69. The first-order valence-electron chi connectivity index (χ1n) is 12.6. The van der Waals surface area contributed by atoms with E-state index >= 15 is 0 Å². The van der Waals surface area contributed by atoms with E-state index in [1.807, 2.05) is 72.9 Å². The summed E-state index contributed by atoms with van der Waals surface area (Å²) >= 11 is 7.45. The first-order chi connectivity index (χ1) is 19.1. The molecule has 1 aliphatic heterocycles. The summed E-state index contributed by atoms with van der Waals surface area (Å²) in [5.74, 6) is 0.495. The number of hydrogen-bond donors (Lipinski definition) is 2. The van der Waals surface area contributed by atoms with Crippen LogP contribution in [0.5, 0.6) is 5.75 Å². The molecule has 0 aliphatic carbocycles. The number of thiazole rings is 1. The molecule has 3 aromatic heterocycles. The highest BCUT2D eigenvalue weighted by Crippen LogP contribution is 2.40. The monoisotopic (exact) mass is 554 g/mol. The predicted octanol–water partition coefficient (Wildman–Crippen LogP) is 5.49. The molecule has 0 radical (unpaired) electrons. The molecular formula is C29H26N6O2S2. The van der Waals surface area contributed by atoms with Crippen LogP contribution in [0.2, 0.25) is 0 Å². The highest BCUT2D eigenvalue weighted by molar-refractivity contribution is 7.80. The number of rotatable bonds is 8. The highest BCUT2D eigenvalue weighted by Gasteiger charge is 2.41. The second-order valence-corrected chi connectivity index (χ2v) is 10.5. The van der Waals surface area contributed by atoms with Crippen LogP contribution < -0.4 is 15.4 Å². The number of nitrogens with one attached hydrogen (secondary N) is 2. The van der Waals surface area contributed by atoms with Gasteiger partial charge in [0.2, 0.25) is 5.91 Å². The minimum Gasteiger partial charge on any atom is -0.495 e. The van der Waals surface area contributed by atoms with Crippen molar-refractivity contribution in [1.29, 1.82) is 0 Å². The zero-order chi connectivity index (χ0) is 26.8. The van der Waals surface area contributed by atoms with Crippen molar-refractivity contribution in [2.24, 2.45) is 0 Å².